The van der Waals surface area contributed by atoms with E-state index in [-0.39, 0.29) is 18.5 Å². The molecule has 6 nitrogen and oxygen atoms in total. The molecule has 1 atom stereocenters. The molecule has 0 heterocycles. The monoisotopic (exact) mass is 320 g/mol. The van der Waals surface area contributed by atoms with E-state index in [0.717, 1.165) is 24.2 Å². The second-order valence-electron chi connectivity index (χ2n) is 6.02. The molecule has 1 aromatic rings. The fourth-order valence-corrected chi connectivity index (χ4v) is 2.50. The molecule has 1 aliphatic rings. The van der Waals surface area contributed by atoms with Crippen molar-refractivity contribution in [2.24, 2.45) is 0 Å². The van der Waals surface area contributed by atoms with Gasteiger partial charge in [-0.1, -0.05) is 12.1 Å². The molecule has 1 aromatic carbocycles. The van der Waals surface area contributed by atoms with Gasteiger partial charge in [0.2, 0.25) is 5.91 Å². The molecule has 1 aliphatic carbocycles. The van der Waals surface area contributed by atoms with Crippen molar-refractivity contribution in [1.82, 2.24) is 9.80 Å². The number of hydrogen-bond acceptors (Lipinski definition) is 4. The van der Waals surface area contributed by atoms with Crippen molar-refractivity contribution in [3.63, 3.8) is 0 Å². The Labute approximate surface area is 136 Å². The minimum Gasteiger partial charge on any atom is -0.497 e. The summed E-state index contributed by atoms with van der Waals surface area (Å²) in [5, 5.41) is 9.19. The number of amides is 1. The standard InChI is InChI=1S/C17H24N2O4/c1-12(17(21)22)19(14-6-7-14)11-16(20)18(2)10-13-4-8-15(23-3)9-5-13/h4-5,8-9,12,14H,6-7,10-11H2,1-3H3,(H,21,22). The number of carbonyl (C=O) groups excluding carboxylic acids is 1. The van der Waals surface area contributed by atoms with Crippen molar-refractivity contribution in [3.8, 4) is 5.75 Å². The van der Waals surface area contributed by atoms with Gasteiger partial charge >= 0.3 is 5.97 Å². The van der Waals surface area contributed by atoms with Crippen LogP contribution in [0, 0.1) is 0 Å². The molecule has 1 fully saturated rings. The quantitative estimate of drug-likeness (QED) is 0.788. The van der Waals surface area contributed by atoms with Gasteiger partial charge in [0.25, 0.3) is 0 Å². The van der Waals surface area contributed by atoms with Gasteiger partial charge in [0, 0.05) is 19.6 Å². The summed E-state index contributed by atoms with van der Waals surface area (Å²) in [6.07, 6.45) is 1.93. The fourth-order valence-electron chi connectivity index (χ4n) is 2.50. The summed E-state index contributed by atoms with van der Waals surface area (Å²) in [6, 6.07) is 7.13. The number of carbonyl (C=O) groups is 2. The largest absolute Gasteiger partial charge is 0.497 e. The van der Waals surface area contributed by atoms with Crippen LogP contribution in [0.4, 0.5) is 0 Å². The summed E-state index contributed by atoms with van der Waals surface area (Å²) in [5.74, 6) is -0.179. The second-order valence-corrected chi connectivity index (χ2v) is 6.02. The van der Waals surface area contributed by atoms with E-state index < -0.39 is 12.0 Å². The molecule has 6 heteroatoms. The number of rotatable bonds is 8. The van der Waals surface area contributed by atoms with Crippen LogP contribution in [0.1, 0.15) is 25.3 Å². The van der Waals surface area contributed by atoms with Crippen molar-refractivity contribution in [2.75, 3.05) is 20.7 Å². The van der Waals surface area contributed by atoms with Crippen LogP contribution in [0.3, 0.4) is 0 Å². The lowest BCUT2D eigenvalue weighted by molar-refractivity contribution is -0.144. The van der Waals surface area contributed by atoms with E-state index in [4.69, 9.17) is 4.74 Å². The summed E-state index contributed by atoms with van der Waals surface area (Å²) in [5.41, 5.74) is 1.01. The third-order valence-electron chi connectivity index (χ3n) is 4.19. The first-order valence-corrected chi connectivity index (χ1v) is 7.77. The number of hydrogen-bond donors (Lipinski definition) is 1. The highest BCUT2D eigenvalue weighted by molar-refractivity contribution is 5.80. The summed E-state index contributed by atoms with van der Waals surface area (Å²) < 4.78 is 5.11. The molecule has 126 valence electrons. The maximum atomic E-state index is 12.4. The van der Waals surface area contributed by atoms with Crippen LogP contribution in [0.5, 0.6) is 5.75 Å². The SMILES string of the molecule is COc1ccc(CN(C)C(=O)CN(C2CC2)C(C)C(=O)O)cc1. The average molecular weight is 320 g/mol. The van der Waals surface area contributed by atoms with Crippen LogP contribution in [0.25, 0.3) is 0 Å². The smallest absolute Gasteiger partial charge is 0.320 e. The van der Waals surface area contributed by atoms with Gasteiger partial charge in [-0.15, -0.1) is 0 Å². The Hall–Kier alpha value is -2.08. The topological polar surface area (TPSA) is 70.1 Å². The molecule has 1 saturated carbocycles. The van der Waals surface area contributed by atoms with Crippen LogP contribution >= 0.6 is 0 Å². The van der Waals surface area contributed by atoms with Crippen molar-refractivity contribution in [2.45, 2.75) is 38.4 Å². The Morgan fingerprint density at radius 1 is 1.30 bits per heavy atom. The van der Waals surface area contributed by atoms with E-state index in [9.17, 15) is 14.7 Å². The maximum Gasteiger partial charge on any atom is 0.320 e. The molecule has 1 amide bonds. The van der Waals surface area contributed by atoms with Crippen molar-refractivity contribution < 1.29 is 19.4 Å². The fraction of sp³-hybridized carbons (Fsp3) is 0.529. The third kappa shape index (κ3) is 4.69. The molecule has 0 saturated heterocycles. The van der Waals surface area contributed by atoms with Crippen LogP contribution in [0.2, 0.25) is 0 Å². The van der Waals surface area contributed by atoms with Gasteiger partial charge in [0.15, 0.2) is 0 Å². The lowest BCUT2D eigenvalue weighted by atomic mass is 10.2. The Bertz CT molecular complexity index is 554. The molecular weight excluding hydrogens is 296 g/mol. The summed E-state index contributed by atoms with van der Waals surface area (Å²) in [6.45, 7) is 2.27. The van der Waals surface area contributed by atoms with Gasteiger partial charge in [-0.25, -0.2) is 0 Å². The van der Waals surface area contributed by atoms with Crippen molar-refractivity contribution in [3.05, 3.63) is 29.8 Å². The number of nitrogens with zero attached hydrogens (tertiary/aromatic N) is 2. The minimum absolute atomic E-state index is 0.0687. The Kier molecular flexibility index (Phi) is 5.60. The van der Waals surface area contributed by atoms with Crippen LogP contribution < -0.4 is 4.74 Å². The number of aliphatic carboxylic acids is 1. The van der Waals surface area contributed by atoms with Gasteiger partial charge in [0.05, 0.1) is 13.7 Å². The van der Waals surface area contributed by atoms with Crippen LogP contribution in [-0.2, 0) is 16.1 Å². The Balaban J connectivity index is 1.93. The molecule has 2 rings (SSSR count). The lowest BCUT2D eigenvalue weighted by Crippen LogP contribution is -2.46. The molecule has 23 heavy (non-hydrogen) atoms. The average Bonchev–Trinajstić information content (AvgIpc) is 3.37. The van der Waals surface area contributed by atoms with Gasteiger partial charge < -0.3 is 14.7 Å². The number of methoxy groups -OCH3 is 1. The summed E-state index contributed by atoms with van der Waals surface area (Å²) in [7, 11) is 3.35. The molecule has 0 bridgehead atoms. The van der Waals surface area contributed by atoms with Gasteiger partial charge in [-0.05, 0) is 37.5 Å². The number of benzene rings is 1. The highest BCUT2D eigenvalue weighted by Crippen LogP contribution is 2.28. The molecule has 0 spiro atoms. The van der Waals surface area contributed by atoms with E-state index in [2.05, 4.69) is 0 Å². The first-order valence-electron chi connectivity index (χ1n) is 7.77. The zero-order valence-corrected chi connectivity index (χ0v) is 13.9. The highest BCUT2D eigenvalue weighted by atomic mass is 16.5. The number of carboxylic acid groups (broad SMARTS) is 1. The first kappa shape index (κ1) is 17.3. The molecule has 1 N–H and O–H groups in total. The molecular formula is C17H24N2O4. The minimum atomic E-state index is -0.887. The molecule has 1 unspecified atom stereocenters. The van der Waals surface area contributed by atoms with Crippen molar-refractivity contribution >= 4 is 11.9 Å². The van der Waals surface area contributed by atoms with Crippen LogP contribution in [-0.4, -0.2) is 59.6 Å². The van der Waals surface area contributed by atoms with Gasteiger partial charge in [-0.2, -0.15) is 0 Å². The van der Waals surface area contributed by atoms with E-state index in [0.29, 0.717) is 6.54 Å². The second kappa shape index (κ2) is 7.46. The summed E-state index contributed by atoms with van der Waals surface area (Å²) >= 11 is 0. The summed E-state index contributed by atoms with van der Waals surface area (Å²) in [4.78, 5) is 27.0. The van der Waals surface area contributed by atoms with E-state index in [1.54, 1.807) is 30.9 Å². The Morgan fingerprint density at radius 2 is 1.91 bits per heavy atom. The zero-order valence-electron chi connectivity index (χ0n) is 13.9. The molecule has 0 radical (unpaired) electrons. The van der Waals surface area contributed by atoms with Crippen molar-refractivity contribution in [1.29, 1.82) is 0 Å². The van der Waals surface area contributed by atoms with Gasteiger partial charge in [0.1, 0.15) is 11.8 Å². The third-order valence-corrected chi connectivity index (χ3v) is 4.19. The zero-order chi connectivity index (χ0) is 17.0. The number of likely N-dealkylation sites (N-methyl/N-ethyl adjacent to an activating group) is 1. The van der Waals surface area contributed by atoms with Gasteiger partial charge in [-0.3, -0.25) is 14.5 Å². The molecule has 0 aliphatic heterocycles. The van der Waals surface area contributed by atoms with E-state index in [1.165, 1.54) is 0 Å². The van der Waals surface area contributed by atoms with Crippen LogP contribution in [0.15, 0.2) is 24.3 Å². The Morgan fingerprint density at radius 3 is 2.39 bits per heavy atom. The van der Waals surface area contributed by atoms with E-state index >= 15 is 0 Å². The number of ether oxygens (including phenoxy) is 1. The number of carboxylic acids is 1. The maximum absolute atomic E-state index is 12.4. The lowest BCUT2D eigenvalue weighted by Gasteiger charge is -2.28. The van der Waals surface area contributed by atoms with E-state index in [1.807, 2.05) is 24.3 Å². The highest BCUT2D eigenvalue weighted by Gasteiger charge is 2.36. The normalized spacial score (nSPS) is 15.3. The predicted molar refractivity (Wildman–Crippen MR) is 86.3 cm³/mol. The molecule has 0 aromatic heterocycles. The first-order chi connectivity index (χ1) is 10.9. The predicted octanol–water partition coefficient (Wildman–Crippen LogP) is 1.59.